The largest absolute Gasteiger partial charge is 0.388 e. The van der Waals surface area contributed by atoms with Crippen LogP contribution < -0.4 is 0 Å². The Bertz CT molecular complexity index is 267. The summed E-state index contributed by atoms with van der Waals surface area (Å²) in [7, 11) is 0. The molecule has 0 fully saturated rings. The van der Waals surface area contributed by atoms with Gasteiger partial charge in [-0.2, -0.15) is 0 Å². The average molecular weight is 195 g/mol. The van der Waals surface area contributed by atoms with Gasteiger partial charge >= 0.3 is 0 Å². The maximum Gasteiger partial charge on any atom is 0.0802 e. The normalized spacial score (nSPS) is 15.4. The van der Waals surface area contributed by atoms with E-state index >= 15 is 0 Å². The van der Waals surface area contributed by atoms with Gasteiger partial charge in [-0.1, -0.05) is 27.2 Å². The lowest BCUT2D eigenvalue weighted by atomic mass is 10.1. The van der Waals surface area contributed by atoms with Crippen molar-refractivity contribution in [3.8, 4) is 0 Å². The number of hydrogen-bond acceptors (Lipinski definition) is 1. The molecular weight excluding hydrogens is 174 g/mol. The summed E-state index contributed by atoms with van der Waals surface area (Å²) in [5.74, 6) is 0.703. The van der Waals surface area contributed by atoms with Gasteiger partial charge < -0.3 is 9.67 Å². The maximum atomic E-state index is 9.62. The molecule has 1 aromatic rings. The number of aliphatic hydroxyl groups is 1. The first-order valence-electron chi connectivity index (χ1n) is 5.51. The standard InChI is InChI=1S/C12H21NO/c1-4-10(3)8-13-7-6-11(9-13)12(14)5-2/h6-7,9-10,12,14H,4-5,8H2,1-3H3. The van der Waals surface area contributed by atoms with Crippen LogP contribution in [-0.2, 0) is 6.54 Å². The van der Waals surface area contributed by atoms with Crippen LogP contribution in [0.3, 0.4) is 0 Å². The van der Waals surface area contributed by atoms with Gasteiger partial charge in [0.1, 0.15) is 0 Å². The van der Waals surface area contributed by atoms with Gasteiger partial charge in [0.2, 0.25) is 0 Å². The minimum Gasteiger partial charge on any atom is -0.388 e. The Balaban J connectivity index is 2.59. The van der Waals surface area contributed by atoms with Gasteiger partial charge in [-0.3, -0.25) is 0 Å². The van der Waals surface area contributed by atoms with Crippen LogP contribution in [0.2, 0.25) is 0 Å². The molecule has 2 unspecified atom stereocenters. The summed E-state index contributed by atoms with van der Waals surface area (Å²) in [6, 6.07) is 2.01. The number of aliphatic hydroxyl groups excluding tert-OH is 1. The van der Waals surface area contributed by atoms with E-state index in [1.54, 1.807) is 0 Å². The molecule has 2 nitrogen and oxygen atoms in total. The molecule has 0 saturated carbocycles. The van der Waals surface area contributed by atoms with E-state index in [9.17, 15) is 5.11 Å². The molecule has 0 saturated heterocycles. The zero-order chi connectivity index (χ0) is 10.6. The van der Waals surface area contributed by atoms with Crippen molar-refractivity contribution >= 4 is 0 Å². The molecule has 0 aromatic carbocycles. The Morgan fingerprint density at radius 2 is 2.07 bits per heavy atom. The topological polar surface area (TPSA) is 25.2 Å². The van der Waals surface area contributed by atoms with Crippen LogP contribution in [0.25, 0.3) is 0 Å². The minimum atomic E-state index is -0.298. The molecule has 14 heavy (non-hydrogen) atoms. The van der Waals surface area contributed by atoms with Crippen LogP contribution in [-0.4, -0.2) is 9.67 Å². The van der Waals surface area contributed by atoms with Crippen molar-refractivity contribution in [1.82, 2.24) is 4.57 Å². The summed E-state index contributed by atoms with van der Waals surface area (Å²) in [6.07, 6.45) is 5.80. The van der Waals surface area contributed by atoms with Crippen molar-refractivity contribution in [3.63, 3.8) is 0 Å². The van der Waals surface area contributed by atoms with E-state index in [0.29, 0.717) is 5.92 Å². The van der Waals surface area contributed by atoms with Crippen molar-refractivity contribution < 1.29 is 5.11 Å². The van der Waals surface area contributed by atoms with Crippen LogP contribution in [0.1, 0.15) is 45.3 Å². The minimum absolute atomic E-state index is 0.298. The average Bonchev–Trinajstić information content (AvgIpc) is 2.65. The Labute approximate surface area is 86.6 Å². The highest BCUT2D eigenvalue weighted by Crippen LogP contribution is 2.17. The SMILES string of the molecule is CCC(C)Cn1ccc(C(O)CC)c1. The van der Waals surface area contributed by atoms with E-state index in [1.807, 2.05) is 13.0 Å². The monoisotopic (exact) mass is 195 g/mol. The lowest BCUT2D eigenvalue weighted by molar-refractivity contribution is 0.173. The number of nitrogens with zero attached hydrogens (tertiary/aromatic N) is 1. The van der Waals surface area contributed by atoms with E-state index in [2.05, 4.69) is 30.8 Å². The number of rotatable bonds is 5. The quantitative estimate of drug-likeness (QED) is 0.767. The van der Waals surface area contributed by atoms with E-state index in [1.165, 1.54) is 6.42 Å². The van der Waals surface area contributed by atoms with Crippen LogP contribution in [0.5, 0.6) is 0 Å². The van der Waals surface area contributed by atoms with Crippen LogP contribution in [0.15, 0.2) is 18.5 Å². The molecule has 0 amide bonds. The van der Waals surface area contributed by atoms with Gasteiger partial charge in [0, 0.05) is 18.9 Å². The van der Waals surface area contributed by atoms with Gasteiger partial charge in [0.05, 0.1) is 6.10 Å². The molecule has 80 valence electrons. The molecule has 0 aliphatic carbocycles. The molecule has 1 N–H and O–H groups in total. The lowest BCUT2D eigenvalue weighted by Gasteiger charge is -2.09. The molecule has 0 radical (unpaired) electrons. The van der Waals surface area contributed by atoms with E-state index in [-0.39, 0.29) is 6.10 Å². The molecule has 0 bridgehead atoms. The Hall–Kier alpha value is -0.760. The van der Waals surface area contributed by atoms with Gasteiger partial charge in [-0.15, -0.1) is 0 Å². The summed E-state index contributed by atoms with van der Waals surface area (Å²) in [4.78, 5) is 0. The smallest absolute Gasteiger partial charge is 0.0802 e. The van der Waals surface area contributed by atoms with Crippen molar-refractivity contribution in [2.45, 2.75) is 46.3 Å². The summed E-state index contributed by atoms with van der Waals surface area (Å²) in [5.41, 5.74) is 1.04. The third kappa shape index (κ3) is 2.88. The third-order valence-electron chi connectivity index (χ3n) is 2.76. The first-order chi connectivity index (χ1) is 6.67. The molecule has 0 aliphatic heterocycles. The zero-order valence-corrected chi connectivity index (χ0v) is 9.40. The summed E-state index contributed by atoms with van der Waals surface area (Å²) in [5, 5.41) is 9.62. The molecule has 1 heterocycles. The highest BCUT2D eigenvalue weighted by molar-refractivity contribution is 5.13. The van der Waals surface area contributed by atoms with Crippen molar-refractivity contribution in [2.24, 2.45) is 5.92 Å². The van der Waals surface area contributed by atoms with E-state index in [0.717, 1.165) is 18.5 Å². The zero-order valence-electron chi connectivity index (χ0n) is 9.40. The van der Waals surface area contributed by atoms with Crippen molar-refractivity contribution in [1.29, 1.82) is 0 Å². The third-order valence-corrected chi connectivity index (χ3v) is 2.76. The fourth-order valence-corrected chi connectivity index (χ4v) is 1.49. The number of hydrogen-bond donors (Lipinski definition) is 1. The Morgan fingerprint density at radius 1 is 1.36 bits per heavy atom. The summed E-state index contributed by atoms with van der Waals surface area (Å²) >= 11 is 0. The molecule has 2 heteroatoms. The first kappa shape index (κ1) is 11.3. The molecule has 1 rings (SSSR count). The van der Waals surface area contributed by atoms with E-state index in [4.69, 9.17) is 0 Å². The van der Waals surface area contributed by atoms with Crippen LogP contribution >= 0.6 is 0 Å². The molecular formula is C12H21NO. The second-order valence-corrected chi connectivity index (χ2v) is 4.08. The molecule has 2 atom stereocenters. The highest BCUT2D eigenvalue weighted by Gasteiger charge is 2.07. The van der Waals surface area contributed by atoms with Gasteiger partial charge in [0.15, 0.2) is 0 Å². The lowest BCUT2D eigenvalue weighted by Crippen LogP contribution is -2.04. The summed E-state index contributed by atoms with van der Waals surface area (Å²) in [6.45, 7) is 7.50. The van der Waals surface area contributed by atoms with Crippen LogP contribution in [0, 0.1) is 5.92 Å². The molecule has 0 spiro atoms. The van der Waals surface area contributed by atoms with E-state index < -0.39 is 0 Å². The van der Waals surface area contributed by atoms with Gasteiger partial charge in [0.25, 0.3) is 0 Å². The van der Waals surface area contributed by atoms with Gasteiger partial charge in [-0.25, -0.2) is 0 Å². The predicted octanol–water partition coefficient (Wildman–Crippen LogP) is 2.98. The van der Waals surface area contributed by atoms with Gasteiger partial charge in [-0.05, 0) is 24.0 Å². The molecule has 0 aliphatic rings. The predicted molar refractivity (Wildman–Crippen MR) is 59.1 cm³/mol. The molecule has 1 aromatic heterocycles. The number of aromatic nitrogens is 1. The Morgan fingerprint density at radius 3 is 2.64 bits per heavy atom. The fourth-order valence-electron chi connectivity index (χ4n) is 1.49. The van der Waals surface area contributed by atoms with Crippen molar-refractivity contribution in [2.75, 3.05) is 0 Å². The van der Waals surface area contributed by atoms with Crippen LogP contribution in [0.4, 0.5) is 0 Å². The highest BCUT2D eigenvalue weighted by atomic mass is 16.3. The Kier molecular flexibility index (Phi) is 4.21. The van der Waals surface area contributed by atoms with Crippen molar-refractivity contribution in [3.05, 3.63) is 24.0 Å². The fraction of sp³-hybridized carbons (Fsp3) is 0.667. The maximum absolute atomic E-state index is 9.62. The first-order valence-corrected chi connectivity index (χ1v) is 5.51. The second kappa shape index (κ2) is 5.20. The summed E-state index contributed by atoms with van der Waals surface area (Å²) < 4.78 is 2.17. The second-order valence-electron chi connectivity index (χ2n) is 4.08.